The minimum atomic E-state index is 0.0190. The fourth-order valence-electron chi connectivity index (χ4n) is 2.19. The van der Waals surface area contributed by atoms with E-state index < -0.39 is 0 Å². The van der Waals surface area contributed by atoms with E-state index in [-0.39, 0.29) is 19.1 Å². The lowest BCUT2D eigenvalue weighted by molar-refractivity contribution is -0.134. The zero-order valence-corrected chi connectivity index (χ0v) is 11.3. The van der Waals surface area contributed by atoms with Crippen LogP contribution < -0.4 is 4.74 Å². The molecule has 0 saturated carbocycles. The highest BCUT2D eigenvalue weighted by atomic mass is 16.5. The number of likely N-dealkylation sites (tertiary alicyclic amines) is 1. The molecule has 19 heavy (non-hydrogen) atoms. The van der Waals surface area contributed by atoms with Crippen molar-refractivity contribution in [3.8, 4) is 5.75 Å². The van der Waals surface area contributed by atoms with E-state index in [0.717, 1.165) is 37.4 Å². The number of carbonyl (C=O) groups excluding carboxylic acids is 1. The number of ether oxygens (including phenoxy) is 1. The van der Waals surface area contributed by atoms with Crippen LogP contribution in [0.5, 0.6) is 5.75 Å². The molecule has 0 aromatic heterocycles. The van der Waals surface area contributed by atoms with Crippen molar-refractivity contribution in [3.05, 3.63) is 29.8 Å². The molecule has 0 bridgehead atoms. The number of piperidine rings is 1. The highest BCUT2D eigenvalue weighted by molar-refractivity contribution is 5.77. The van der Waals surface area contributed by atoms with Crippen molar-refractivity contribution in [1.82, 2.24) is 4.90 Å². The Hall–Kier alpha value is -1.55. The molecule has 104 valence electrons. The molecule has 1 aromatic rings. The first-order valence-electron chi connectivity index (χ1n) is 6.79. The lowest BCUT2D eigenvalue weighted by Crippen LogP contribution is -2.40. The number of rotatable bonds is 4. The monoisotopic (exact) mass is 263 g/mol. The van der Waals surface area contributed by atoms with Crippen LogP contribution in [0, 0.1) is 5.92 Å². The van der Waals surface area contributed by atoms with E-state index in [4.69, 9.17) is 9.84 Å². The Labute approximate surface area is 114 Å². The summed E-state index contributed by atoms with van der Waals surface area (Å²) in [6, 6.07) is 7.14. The Bertz CT molecular complexity index is 408. The first kappa shape index (κ1) is 13.9. The second-order valence-corrected chi connectivity index (χ2v) is 5.15. The first-order valence-corrected chi connectivity index (χ1v) is 6.79. The number of benzene rings is 1. The minimum Gasteiger partial charge on any atom is -0.484 e. The lowest BCUT2D eigenvalue weighted by Gasteiger charge is -2.30. The smallest absolute Gasteiger partial charge is 0.260 e. The molecule has 0 atom stereocenters. The second kappa shape index (κ2) is 6.57. The maximum Gasteiger partial charge on any atom is 0.260 e. The van der Waals surface area contributed by atoms with Gasteiger partial charge >= 0.3 is 0 Å². The quantitative estimate of drug-likeness (QED) is 0.901. The molecule has 1 saturated heterocycles. The molecule has 0 radical (unpaired) electrons. The largest absolute Gasteiger partial charge is 0.484 e. The first-order chi connectivity index (χ1) is 9.19. The topological polar surface area (TPSA) is 49.8 Å². The minimum absolute atomic E-state index is 0.0190. The summed E-state index contributed by atoms with van der Waals surface area (Å²) in [5.41, 5.74) is 0.837. The standard InChI is InChI=1S/C15H21NO3/c1-12-6-8-16(9-7-12)15(18)11-19-14-4-2-13(10-17)3-5-14/h2-5,12,17H,6-11H2,1H3. The zero-order valence-electron chi connectivity index (χ0n) is 11.3. The van der Waals surface area contributed by atoms with Gasteiger partial charge in [0, 0.05) is 13.1 Å². The normalized spacial score (nSPS) is 16.4. The van der Waals surface area contributed by atoms with Crippen LogP contribution in [0.4, 0.5) is 0 Å². The SMILES string of the molecule is CC1CCN(C(=O)COc2ccc(CO)cc2)CC1. The van der Waals surface area contributed by atoms with Gasteiger partial charge in [-0.25, -0.2) is 0 Å². The van der Waals surface area contributed by atoms with Crippen LogP contribution in [-0.2, 0) is 11.4 Å². The molecule has 0 aliphatic carbocycles. The van der Waals surface area contributed by atoms with Crippen molar-refractivity contribution < 1.29 is 14.6 Å². The Balaban J connectivity index is 1.79. The van der Waals surface area contributed by atoms with E-state index in [9.17, 15) is 4.79 Å². The van der Waals surface area contributed by atoms with Crippen molar-refractivity contribution >= 4 is 5.91 Å². The summed E-state index contributed by atoms with van der Waals surface area (Å²) in [5, 5.41) is 8.94. The lowest BCUT2D eigenvalue weighted by atomic mass is 9.99. The van der Waals surface area contributed by atoms with Crippen LogP contribution in [0.25, 0.3) is 0 Å². The number of amides is 1. The highest BCUT2D eigenvalue weighted by Crippen LogP contribution is 2.17. The Morgan fingerprint density at radius 1 is 1.32 bits per heavy atom. The molecular weight excluding hydrogens is 242 g/mol. The molecule has 0 unspecified atom stereocenters. The van der Waals surface area contributed by atoms with Gasteiger partial charge in [-0.05, 0) is 36.5 Å². The van der Waals surface area contributed by atoms with Gasteiger partial charge in [-0.15, -0.1) is 0 Å². The molecule has 1 N–H and O–H groups in total. The van der Waals surface area contributed by atoms with Crippen LogP contribution in [0.3, 0.4) is 0 Å². The molecule has 1 fully saturated rings. The molecule has 1 heterocycles. The Morgan fingerprint density at radius 3 is 2.53 bits per heavy atom. The van der Waals surface area contributed by atoms with Crippen molar-refractivity contribution in [2.45, 2.75) is 26.4 Å². The van der Waals surface area contributed by atoms with Crippen molar-refractivity contribution in [2.75, 3.05) is 19.7 Å². The number of nitrogens with zero attached hydrogens (tertiary/aromatic N) is 1. The van der Waals surface area contributed by atoms with E-state index in [1.54, 1.807) is 24.3 Å². The van der Waals surface area contributed by atoms with Gasteiger partial charge in [-0.3, -0.25) is 4.79 Å². The number of hydrogen-bond donors (Lipinski definition) is 1. The summed E-state index contributed by atoms with van der Waals surface area (Å²) >= 11 is 0. The molecular formula is C15H21NO3. The van der Waals surface area contributed by atoms with E-state index in [1.807, 2.05) is 4.90 Å². The number of aliphatic hydroxyl groups excluding tert-OH is 1. The van der Waals surface area contributed by atoms with Gasteiger partial charge in [0.05, 0.1) is 6.61 Å². The molecule has 1 amide bonds. The van der Waals surface area contributed by atoms with Gasteiger partial charge in [0.15, 0.2) is 6.61 Å². The van der Waals surface area contributed by atoms with E-state index >= 15 is 0 Å². The molecule has 1 aliphatic heterocycles. The highest BCUT2D eigenvalue weighted by Gasteiger charge is 2.20. The van der Waals surface area contributed by atoms with E-state index in [1.165, 1.54) is 0 Å². The third-order valence-electron chi connectivity index (χ3n) is 3.60. The summed E-state index contributed by atoms with van der Waals surface area (Å²) in [6.45, 7) is 4.01. The summed E-state index contributed by atoms with van der Waals surface area (Å²) in [5.74, 6) is 1.44. The average molecular weight is 263 g/mol. The maximum atomic E-state index is 12.0. The predicted molar refractivity (Wildman–Crippen MR) is 72.8 cm³/mol. The van der Waals surface area contributed by atoms with Crippen molar-refractivity contribution in [1.29, 1.82) is 0 Å². The van der Waals surface area contributed by atoms with Gasteiger partial charge in [0.25, 0.3) is 5.91 Å². The van der Waals surface area contributed by atoms with Crippen LogP contribution in [0.1, 0.15) is 25.3 Å². The van der Waals surface area contributed by atoms with Crippen LogP contribution >= 0.6 is 0 Å². The number of hydrogen-bond acceptors (Lipinski definition) is 3. The summed E-state index contributed by atoms with van der Waals surface area (Å²) in [7, 11) is 0. The Kier molecular flexibility index (Phi) is 4.80. The van der Waals surface area contributed by atoms with Gasteiger partial charge in [-0.1, -0.05) is 19.1 Å². The third-order valence-corrected chi connectivity index (χ3v) is 3.60. The van der Waals surface area contributed by atoms with Crippen molar-refractivity contribution in [3.63, 3.8) is 0 Å². The van der Waals surface area contributed by atoms with Gasteiger partial charge in [-0.2, -0.15) is 0 Å². The van der Waals surface area contributed by atoms with Gasteiger partial charge in [0.2, 0.25) is 0 Å². The van der Waals surface area contributed by atoms with E-state index in [0.29, 0.717) is 5.75 Å². The summed E-state index contributed by atoms with van der Waals surface area (Å²) < 4.78 is 5.47. The summed E-state index contributed by atoms with van der Waals surface area (Å²) in [6.07, 6.45) is 2.16. The second-order valence-electron chi connectivity index (χ2n) is 5.15. The number of aliphatic hydroxyl groups is 1. The summed E-state index contributed by atoms with van der Waals surface area (Å²) in [4.78, 5) is 13.8. The number of carbonyl (C=O) groups is 1. The molecule has 2 rings (SSSR count). The third kappa shape index (κ3) is 3.96. The predicted octanol–water partition coefficient (Wildman–Crippen LogP) is 1.82. The zero-order chi connectivity index (χ0) is 13.7. The Morgan fingerprint density at radius 2 is 1.95 bits per heavy atom. The average Bonchev–Trinajstić information content (AvgIpc) is 2.46. The molecule has 1 aromatic carbocycles. The molecule has 4 nitrogen and oxygen atoms in total. The van der Waals surface area contributed by atoms with Crippen molar-refractivity contribution in [2.24, 2.45) is 5.92 Å². The molecule has 4 heteroatoms. The van der Waals surface area contributed by atoms with Crippen LogP contribution in [0.2, 0.25) is 0 Å². The fraction of sp³-hybridized carbons (Fsp3) is 0.533. The van der Waals surface area contributed by atoms with Crippen LogP contribution in [0.15, 0.2) is 24.3 Å². The van der Waals surface area contributed by atoms with Crippen LogP contribution in [-0.4, -0.2) is 35.6 Å². The molecule has 1 aliphatic rings. The molecule has 0 spiro atoms. The van der Waals surface area contributed by atoms with Gasteiger partial charge < -0.3 is 14.7 Å². The van der Waals surface area contributed by atoms with E-state index in [2.05, 4.69) is 6.92 Å². The maximum absolute atomic E-state index is 12.0. The fourth-order valence-corrected chi connectivity index (χ4v) is 2.19. The van der Waals surface area contributed by atoms with Gasteiger partial charge in [0.1, 0.15) is 5.75 Å².